The van der Waals surface area contributed by atoms with Crippen LogP contribution < -0.4 is 15.4 Å². The Morgan fingerprint density at radius 2 is 1.52 bits per heavy atom. The van der Waals surface area contributed by atoms with Crippen LogP contribution in [0.4, 0.5) is 11.6 Å². The number of para-hydroxylation sites is 1. The van der Waals surface area contributed by atoms with Crippen LogP contribution in [0.2, 0.25) is 0 Å². The highest BCUT2D eigenvalue weighted by atomic mass is 16.5. The molecular formula is C23H24N4O2. The van der Waals surface area contributed by atoms with Gasteiger partial charge in [-0.25, -0.2) is 9.97 Å². The number of anilines is 2. The van der Waals surface area contributed by atoms with E-state index in [4.69, 9.17) is 4.74 Å². The van der Waals surface area contributed by atoms with Gasteiger partial charge in [0.1, 0.15) is 11.5 Å². The van der Waals surface area contributed by atoms with E-state index in [1.165, 1.54) is 19.3 Å². The van der Waals surface area contributed by atoms with Crippen molar-refractivity contribution in [1.29, 1.82) is 0 Å². The highest BCUT2D eigenvalue weighted by Crippen LogP contribution is 2.23. The fourth-order valence-electron chi connectivity index (χ4n) is 3.38. The molecule has 1 aliphatic rings. The van der Waals surface area contributed by atoms with E-state index in [-0.39, 0.29) is 5.91 Å². The third kappa shape index (κ3) is 5.31. The van der Waals surface area contributed by atoms with Gasteiger partial charge >= 0.3 is 0 Å². The van der Waals surface area contributed by atoms with E-state index in [0.717, 1.165) is 18.6 Å². The lowest BCUT2D eigenvalue weighted by Crippen LogP contribution is -2.23. The minimum Gasteiger partial charge on any atom is -0.457 e. The second-order valence-corrected chi connectivity index (χ2v) is 7.17. The lowest BCUT2D eigenvalue weighted by Gasteiger charge is -2.22. The number of ether oxygens (including phenoxy) is 1. The van der Waals surface area contributed by atoms with Gasteiger partial charge in [-0.2, -0.15) is 0 Å². The predicted octanol–water partition coefficient (Wildman–Crippen LogP) is 5.27. The van der Waals surface area contributed by atoms with Gasteiger partial charge in [0.15, 0.2) is 0 Å². The second-order valence-electron chi connectivity index (χ2n) is 7.17. The van der Waals surface area contributed by atoms with Gasteiger partial charge in [0, 0.05) is 24.1 Å². The molecular weight excluding hydrogens is 364 g/mol. The van der Waals surface area contributed by atoms with Gasteiger partial charge in [-0.3, -0.25) is 4.79 Å². The number of aromatic nitrogens is 2. The smallest absolute Gasteiger partial charge is 0.258 e. The van der Waals surface area contributed by atoms with Crippen LogP contribution in [0.15, 0.2) is 67.0 Å². The van der Waals surface area contributed by atoms with E-state index in [9.17, 15) is 4.79 Å². The lowest BCUT2D eigenvalue weighted by molar-refractivity contribution is 0.102. The molecule has 3 aromatic rings. The predicted molar refractivity (Wildman–Crippen MR) is 113 cm³/mol. The van der Waals surface area contributed by atoms with Gasteiger partial charge < -0.3 is 15.4 Å². The molecule has 0 unspecified atom stereocenters. The Bertz CT molecular complexity index is 921. The SMILES string of the molecule is O=C(Nc1ccc(Oc2ccccc2)cc1)c1cnc(NC2CCCCC2)nc1. The van der Waals surface area contributed by atoms with Crippen molar-refractivity contribution >= 4 is 17.5 Å². The quantitative estimate of drug-likeness (QED) is 0.602. The standard InChI is InChI=1S/C23H24N4O2/c28-22(17-15-24-23(25-16-17)27-18-7-3-1-4-8-18)26-19-11-13-21(14-12-19)29-20-9-5-2-6-10-20/h2,5-6,9-16,18H,1,3-4,7-8H2,(H,26,28)(H,24,25,27). The monoisotopic (exact) mass is 388 g/mol. The summed E-state index contributed by atoms with van der Waals surface area (Å²) in [5.41, 5.74) is 1.10. The van der Waals surface area contributed by atoms with Crippen LogP contribution in [-0.2, 0) is 0 Å². The molecule has 0 saturated heterocycles. The van der Waals surface area contributed by atoms with Gasteiger partial charge in [0.2, 0.25) is 5.95 Å². The average Bonchev–Trinajstić information content (AvgIpc) is 2.77. The van der Waals surface area contributed by atoms with E-state index in [1.54, 1.807) is 24.5 Å². The average molecular weight is 388 g/mol. The molecule has 1 fully saturated rings. The van der Waals surface area contributed by atoms with Crippen LogP contribution in [0.5, 0.6) is 11.5 Å². The van der Waals surface area contributed by atoms with E-state index < -0.39 is 0 Å². The first-order valence-corrected chi connectivity index (χ1v) is 9.99. The minimum atomic E-state index is -0.244. The van der Waals surface area contributed by atoms with Crippen molar-refractivity contribution in [1.82, 2.24) is 9.97 Å². The van der Waals surface area contributed by atoms with E-state index >= 15 is 0 Å². The van der Waals surface area contributed by atoms with Gasteiger partial charge in [0.05, 0.1) is 5.56 Å². The maximum atomic E-state index is 12.4. The van der Waals surface area contributed by atoms with E-state index in [2.05, 4.69) is 20.6 Å². The van der Waals surface area contributed by atoms with Crippen molar-refractivity contribution in [2.75, 3.05) is 10.6 Å². The first-order chi connectivity index (χ1) is 14.3. The normalized spacial score (nSPS) is 14.2. The zero-order valence-electron chi connectivity index (χ0n) is 16.2. The van der Waals surface area contributed by atoms with E-state index in [1.807, 2.05) is 42.5 Å². The molecule has 0 aliphatic heterocycles. The van der Waals surface area contributed by atoms with Gasteiger partial charge in [-0.05, 0) is 49.2 Å². The first kappa shape index (κ1) is 18.9. The fourth-order valence-corrected chi connectivity index (χ4v) is 3.38. The van der Waals surface area contributed by atoms with Gasteiger partial charge in [0.25, 0.3) is 5.91 Å². The minimum absolute atomic E-state index is 0.244. The number of amides is 1. The van der Waals surface area contributed by atoms with Crippen molar-refractivity contribution < 1.29 is 9.53 Å². The molecule has 1 amide bonds. The molecule has 4 rings (SSSR count). The molecule has 2 N–H and O–H groups in total. The number of hydrogen-bond donors (Lipinski definition) is 2. The van der Waals surface area contributed by atoms with Crippen LogP contribution in [0.1, 0.15) is 42.5 Å². The zero-order valence-corrected chi connectivity index (χ0v) is 16.2. The van der Waals surface area contributed by atoms with Crippen molar-refractivity contribution in [2.24, 2.45) is 0 Å². The summed E-state index contributed by atoms with van der Waals surface area (Å²) < 4.78 is 5.76. The maximum absolute atomic E-state index is 12.4. The molecule has 0 bridgehead atoms. The molecule has 148 valence electrons. The van der Waals surface area contributed by atoms with Crippen molar-refractivity contribution in [3.8, 4) is 11.5 Å². The molecule has 29 heavy (non-hydrogen) atoms. The number of carbonyl (C=O) groups is 1. The van der Waals surface area contributed by atoms with Gasteiger partial charge in [-0.1, -0.05) is 37.5 Å². The number of hydrogen-bond acceptors (Lipinski definition) is 5. The molecule has 1 heterocycles. The van der Waals surface area contributed by atoms with Crippen LogP contribution in [0.3, 0.4) is 0 Å². The topological polar surface area (TPSA) is 76.1 Å². The van der Waals surface area contributed by atoms with Gasteiger partial charge in [-0.15, -0.1) is 0 Å². The molecule has 0 atom stereocenters. The largest absolute Gasteiger partial charge is 0.457 e. The number of carbonyl (C=O) groups excluding carboxylic acids is 1. The fraction of sp³-hybridized carbons (Fsp3) is 0.261. The second kappa shape index (κ2) is 9.19. The summed E-state index contributed by atoms with van der Waals surface area (Å²) in [6.07, 6.45) is 9.20. The Morgan fingerprint density at radius 3 is 2.21 bits per heavy atom. The van der Waals surface area contributed by atoms with Crippen LogP contribution >= 0.6 is 0 Å². The summed E-state index contributed by atoms with van der Waals surface area (Å²) in [5.74, 6) is 1.81. The first-order valence-electron chi connectivity index (χ1n) is 9.99. The van der Waals surface area contributed by atoms with Crippen molar-refractivity contribution in [2.45, 2.75) is 38.1 Å². The Hall–Kier alpha value is -3.41. The number of nitrogens with one attached hydrogen (secondary N) is 2. The zero-order chi connectivity index (χ0) is 19.9. The summed E-state index contributed by atoms with van der Waals surface area (Å²) in [5, 5.41) is 6.21. The Morgan fingerprint density at radius 1 is 0.862 bits per heavy atom. The number of benzene rings is 2. The lowest BCUT2D eigenvalue weighted by atomic mass is 9.96. The Kier molecular flexibility index (Phi) is 6.00. The Balaban J connectivity index is 1.32. The third-order valence-electron chi connectivity index (χ3n) is 4.94. The van der Waals surface area contributed by atoms with Crippen molar-refractivity contribution in [3.63, 3.8) is 0 Å². The maximum Gasteiger partial charge on any atom is 0.258 e. The highest BCUT2D eigenvalue weighted by Gasteiger charge is 2.14. The molecule has 1 aliphatic carbocycles. The van der Waals surface area contributed by atoms with Crippen LogP contribution in [0.25, 0.3) is 0 Å². The summed E-state index contributed by atoms with van der Waals surface area (Å²) >= 11 is 0. The summed E-state index contributed by atoms with van der Waals surface area (Å²) in [6.45, 7) is 0. The summed E-state index contributed by atoms with van der Waals surface area (Å²) in [6, 6.07) is 17.2. The molecule has 6 heteroatoms. The number of nitrogens with zero attached hydrogens (tertiary/aromatic N) is 2. The highest BCUT2D eigenvalue weighted by molar-refractivity contribution is 6.03. The number of rotatable bonds is 6. The third-order valence-corrected chi connectivity index (χ3v) is 4.94. The molecule has 2 aromatic carbocycles. The molecule has 6 nitrogen and oxygen atoms in total. The molecule has 1 saturated carbocycles. The van der Waals surface area contributed by atoms with E-state index in [0.29, 0.717) is 29.0 Å². The molecule has 0 radical (unpaired) electrons. The van der Waals surface area contributed by atoms with Crippen LogP contribution in [-0.4, -0.2) is 21.9 Å². The van der Waals surface area contributed by atoms with Crippen molar-refractivity contribution in [3.05, 3.63) is 72.6 Å². The van der Waals surface area contributed by atoms with Crippen LogP contribution in [0, 0.1) is 0 Å². The summed E-state index contributed by atoms with van der Waals surface area (Å²) in [7, 11) is 0. The Labute approximate surface area is 170 Å². The molecule has 0 spiro atoms. The molecule has 1 aromatic heterocycles. The summed E-state index contributed by atoms with van der Waals surface area (Å²) in [4.78, 5) is 21.0.